The maximum Gasteiger partial charge on any atom is 0.341 e. The van der Waals surface area contributed by atoms with Crippen molar-refractivity contribution in [1.29, 1.82) is 0 Å². The van der Waals surface area contributed by atoms with Crippen molar-refractivity contribution in [2.24, 2.45) is 28.8 Å². The molecule has 4 aliphatic heterocycles. The first kappa shape index (κ1) is 66.8. The lowest BCUT2D eigenvalue weighted by molar-refractivity contribution is -0.320. The number of carboxylic acids is 1. The Morgan fingerprint density at radius 3 is 2.22 bits per heavy atom. The van der Waals surface area contributed by atoms with E-state index in [0.29, 0.717) is 36.3 Å². The van der Waals surface area contributed by atoms with Crippen LogP contribution in [0.4, 0.5) is 5.69 Å². The predicted octanol–water partition coefficient (Wildman–Crippen LogP) is 5.01. The lowest BCUT2D eigenvalue weighted by atomic mass is 9.73. The number of carbonyl (C=O) groups excluding carboxylic acids is 2. The Morgan fingerprint density at radius 1 is 0.902 bits per heavy atom. The molecule has 0 bridgehead atoms. The molecule has 2 aromatic rings. The monoisotopic (exact) mass is 1160 g/mol. The van der Waals surface area contributed by atoms with Gasteiger partial charge in [0.25, 0.3) is 0 Å². The molecule has 3 saturated heterocycles. The lowest BCUT2D eigenvalue weighted by Gasteiger charge is -2.50. The minimum atomic E-state index is -1.98. The highest BCUT2D eigenvalue weighted by Gasteiger charge is 2.55. The van der Waals surface area contributed by atoms with Gasteiger partial charge in [0.1, 0.15) is 29.0 Å². The van der Waals surface area contributed by atoms with Crippen LogP contribution in [0.25, 0.3) is 10.9 Å². The SMILES string of the molecule is CC[C@H]1OC(=O)[C@H](C)[C@@H](O[C@H]2C[C@@](C)(OC)[C@@H](OC(=O)CCNCCNc3cc4c5c(c3)c(=O)c(C(=O)O)cn5C(C)CC4)[C@H](C)O2)[C@H](C)[C@@H](O[C@@H]2O[C@H](C)C[C@H](N(C)C)[C@H]2O)[C@](C)(OC)C[C@@H](C)C(=NOCOC)[C@H](C)[C@@H](O)[C@]1(C)O. The number of aliphatic hydroxyl groups excluding tert-OH is 2. The number of hydrogen-bond donors (Lipinski definition) is 6. The van der Waals surface area contributed by atoms with Gasteiger partial charge in [0.2, 0.25) is 12.2 Å². The second kappa shape index (κ2) is 28.2. The third-order valence-electron chi connectivity index (χ3n) is 17.7. The second-order valence-corrected chi connectivity index (χ2v) is 24.2. The number of pyridine rings is 1. The van der Waals surface area contributed by atoms with Crippen LogP contribution >= 0.6 is 0 Å². The van der Waals surface area contributed by atoms with E-state index in [4.69, 9.17) is 47.5 Å². The number of oxime groups is 1. The molecule has 23 nitrogen and oxygen atoms in total. The molecule has 1 unspecified atom stereocenters. The van der Waals surface area contributed by atoms with E-state index in [1.54, 1.807) is 40.7 Å². The van der Waals surface area contributed by atoms with Gasteiger partial charge in [0.05, 0.1) is 59.7 Å². The van der Waals surface area contributed by atoms with Gasteiger partial charge in [-0.3, -0.25) is 14.4 Å². The molecule has 82 heavy (non-hydrogen) atoms. The molecule has 0 aliphatic carbocycles. The van der Waals surface area contributed by atoms with Gasteiger partial charge in [-0.25, -0.2) is 4.79 Å². The molecule has 464 valence electrons. The van der Waals surface area contributed by atoms with Gasteiger partial charge in [-0.15, -0.1) is 0 Å². The van der Waals surface area contributed by atoms with Crippen LogP contribution in [0.5, 0.6) is 0 Å². The molecular weight excluding hydrogens is 1070 g/mol. The second-order valence-electron chi connectivity index (χ2n) is 24.2. The highest BCUT2D eigenvalue weighted by molar-refractivity contribution is 5.95. The van der Waals surface area contributed by atoms with Crippen LogP contribution in [0.3, 0.4) is 0 Å². The third-order valence-corrected chi connectivity index (χ3v) is 17.7. The van der Waals surface area contributed by atoms with Crippen LogP contribution in [-0.4, -0.2) is 200 Å². The summed E-state index contributed by atoms with van der Waals surface area (Å²) in [5.41, 5.74) is -2.43. The van der Waals surface area contributed by atoms with E-state index in [-0.39, 0.29) is 62.8 Å². The Bertz CT molecular complexity index is 2580. The number of esters is 2. The average molecular weight is 1160 g/mol. The Balaban J connectivity index is 1.22. The minimum Gasteiger partial charge on any atom is -0.477 e. The number of nitrogens with one attached hydrogen (secondary N) is 2. The fraction of sp³-hybridized carbons (Fsp3) is 0.780. The number of aromatic nitrogens is 1. The van der Waals surface area contributed by atoms with Crippen molar-refractivity contribution in [1.82, 2.24) is 14.8 Å². The Labute approximate surface area is 482 Å². The summed E-state index contributed by atoms with van der Waals surface area (Å²) in [6.45, 7) is 20.6. The van der Waals surface area contributed by atoms with E-state index in [9.17, 15) is 39.6 Å². The van der Waals surface area contributed by atoms with Crippen LogP contribution in [0.1, 0.15) is 137 Å². The normalized spacial score (nSPS) is 37.3. The van der Waals surface area contributed by atoms with E-state index < -0.39 is 119 Å². The van der Waals surface area contributed by atoms with Crippen LogP contribution in [0.15, 0.2) is 28.3 Å². The van der Waals surface area contributed by atoms with Gasteiger partial charge < -0.3 is 88.0 Å². The van der Waals surface area contributed by atoms with Crippen LogP contribution < -0.4 is 16.1 Å². The summed E-state index contributed by atoms with van der Waals surface area (Å²) in [4.78, 5) is 61.1. The van der Waals surface area contributed by atoms with Crippen LogP contribution in [0, 0.1) is 23.7 Å². The summed E-state index contributed by atoms with van der Waals surface area (Å²) in [6.07, 6.45) is -6.26. The van der Waals surface area contributed by atoms with Crippen LogP contribution in [-0.2, 0) is 63.5 Å². The smallest absolute Gasteiger partial charge is 0.341 e. The summed E-state index contributed by atoms with van der Waals surface area (Å²) in [5.74, 6) is -5.75. The molecule has 6 rings (SSSR count). The summed E-state index contributed by atoms with van der Waals surface area (Å²) >= 11 is 0. The number of carboxylic acid groups (broad SMARTS) is 1. The molecule has 0 spiro atoms. The number of hydrogen-bond acceptors (Lipinski definition) is 21. The molecule has 23 heteroatoms. The minimum absolute atomic E-state index is 0.0127. The fourth-order valence-corrected chi connectivity index (χ4v) is 12.8. The summed E-state index contributed by atoms with van der Waals surface area (Å²) in [6, 6.07) is 3.41. The van der Waals surface area contributed by atoms with Gasteiger partial charge >= 0.3 is 17.9 Å². The standard InChI is InChI=1S/C59H95N5O18/c1-17-43-59(11,72)51(68)34(5)46(62-76-30-73-14)31(2)27-57(9,74-15)52(82-56-49(67)42(63(12)13)24-33(4)77-56)35(6)50(36(7)55(71)79-43)81-45-28-58(10,75-16)53(37(8)78-45)80-44(65)20-21-60-22-23-61-39-25-38-19-18-32(3)64-29-41(54(69)70)48(66)40(26-39)47(38)64/h25-26,29,31-37,42-43,45,49-53,56,60-61,67-68,72H,17-24,27-28,30H2,1-16H3,(H,69,70)/t31-,32?,33-,34+,35+,36-,37+,42+,43-,45+,49-,50+,51-,52-,53+,56+,57-,58-,59-/m1/s1. The fourth-order valence-electron chi connectivity index (χ4n) is 12.8. The highest BCUT2D eigenvalue weighted by atomic mass is 16.7. The molecule has 0 amide bonds. The number of aliphatic hydroxyl groups is 3. The zero-order chi connectivity index (χ0) is 60.8. The molecular formula is C59H95N5O18. The van der Waals surface area contributed by atoms with Gasteiger partial charge in [-0.2, -0.15) is 0 Å². The molecule has 0 saturated carbocycles. The van der Waals surface area contributed by atoms with Crippen molar-refractivity contribution >= 4 is 40.2 Å². The number of aromatic carboxylic acids is 1. The maximum absolute atomic E-state index is 14.8. The Hall–Kier alpha value is -4.37. The first-order valence-corrected chi connectivity index (χ1v) is 29.0. The Morgan fingerprint density at radius 2 is 1.59 bits per heavy atom. The third kappa shape index (κ3) is 14.8. The largest absolute Gasteiger partial charge is 0.477 e. The number of methoxy groups -OCH3 is 3. The number of aryl methyl sites for hydroxylation is 1. The number of likely N-dealkylation sites (N-methyl/N-ethyl adjacent to an activating group) is 1. The topological polar surface area (TPSA) is 286 Å². The van der Waals surface area contributed by atoms with Gasteiger partial charge in [0.15, 0.2) is 18.7 Å². The zero-order valence-electron chi connectivity index (χ0n) is 51.1. The van der Waals surface area contributed by atoms with Crippen LogP contribution in [0.2, 0.25) is 0 Å². The number of nitrogens with zero attached hydrogens (tertiary/aromatic N) is 3. The molecule has 3 fully saturated rings. The molecule has 1 aromatic heterocycles. The number of carbonyl (C=O) groups is 3. The van der Waals surface area contributed by atoms with Crippen molar-refractivity contribution in [3.8, 4) is 0 Å². The van der Waals surface area contributed by atoms with Crippen molar-refractivity contribution in [2.75, 3.05) is 67.2 Å². The maximum atomic E-state index is 14.8. The van der Waals surface area contributed by atoms with E-state index >= 15 is 0 Å². The van der Waals surface area contributed by atoms with Gasteiger partial charge in [-0.05, 0) is 112 Å². The van der Waals surface area contributed by atoms with Crippen molar-refractivity contribution in [2.45, 2.75) is 211 Å². The first-order chi connectivity index (χ1) is 38.6. The molecule has 19 atom stereocenters. The molecule has 1 aromatic carbocycles. The molecule has 4 aliphatic rings. The number of rotatable bonds is 20. The first-order valence-electron chi connectivity index (χ1n) is 29.0. The van der Waals surface area contributed by atoms with E-state index in [1.165, 1.54) is 34.4 Å². The zero-order valence-corrected chi connectivity index (χ0v) is 51.1. The van der Waals surface area contributed by atoms with E-state index in [0.717, 1.165) is 23.9 Å². The number of cyclic esters (lactones) is 1. The van der Waals surface area contributed by atoms with Crippen molar-refractivity contribution in [3.05, 3.63) is 39.7 Å². The number of benzene rings is 1. The predicted molar refractivity (Wildman–Crippen MR) is 304 cm³/mol. The summed E-state index contributed by atoms with van der Waals surface area (Å²) in [5, 5.41) is 57.3. The number of anilines is 1. The van der Waals surface area contributed by atoms with Crippen molar-refractivity contribution < 1.29 is 82.3 Å². The average Bonchev–Trinajstić information content (AvgIpc) is 2.11. The molecule has 0 radical (unpaired) electrons. The molecule has 6 N–H and O–H groups in total. The number of ether oxygens (including phenoxy) is 9. The van der Waals surface area contributed by atoms with Gasteiger partial charge in [0, 0.05) is 94.5 Å². The quantitative estimate of drug-likeness (QED) is 0.0440. The summed E-state index contributed by atoms with van der Waals surface area (Å²) in [7, 11) is 8.26. The summed E-state index contributed by atoms with van der Waals surface area (Å²) < 4.78 is 59.0. The van der Waals surface area contributed by atoms with E-state index in [2.05, 4.69) is 15.8 Å². The molecule has 5 heterocycles. The van der Waals surface area contributed by atoms with Crippen molar-refractivity contribution in [3.63, 3.8) is 0 Å². The van der Waals surface area contributed by atoms with Gasteiger partial charge in [-0.1, -0.05) is 32.9 Å². The lowest BCUT2D eigenvalue weighted by Crippen LogP contribution is -2.61. The Kier molecular flexibility index (Phi) is 23.0. The van der Waals surface area contributed by atoms with E-state index in [1.807, 2.05) is 64.2 Å². The highest BCUT2D eigenvalue weighted by Crippen LogP contribution is 2.43.